The van der Waals surface area contributed by atoms with Crippen LogP contribution in [-0.2, 0) is 16.0 Å². The van der Waals surface area contributed by atoms with Gasteiger partial charge >= 0.3 is 0 Å². The highest BCUT2D eigenvalue weighted by molar-refractivity contribution is 6.46. The van der Waals surface area contributed by atoms with Gasteiger partial charge in [0.1, 0.15) is 11.5 Å². The molecule has 1 amide bonds. The van der Waals surface area contributed by atoms with Crippen LogP contribution in [0.4, 0.5) is 5.69 Å². The topological polar surface area (TPSA) is 70.1 Å². The molecule has 1 heterocycles. The molecule has 1 N–H and O–H groups in total. The molecule has 3 aromatic rings. The van der Waals surface area contributed by atoms with Gasteiger partial charge in [0.25, 0.3) is 11.7 Å². The predicted octanol–water partition coefficient (Wildman–Crippen LogP) is 5.86. The molecule has 1 saturated heterocycles. The number of carbonyl (C=O) groups excluding carboxylic acids is 2. The van der Waals surface area contributed by atoms with Gasteiger partial charge in [-0.05, 0) is 67.8 Å². The lowest BCUT2D eigenvalue weighted by atomic mass is 9.95. The second kappa shape index (κ2) is 11.1. The lowest BCUT2D eigenvalue weighted by molar-refractivity contribution is -0.139. The number of nitrogens with zero attached hydrogens (tertiary/aromatic N) is 2. The van der Waals surface area contributed by atoms with Gasteiger partial charge < -0.3 is 19.6 Å². The second-order valence-corrected chi connectivity index (χ2v) is 9.99. The van der Waals surface area contributed by atoms with Crippen LogP contribution in [0.2, 0.25) is 5.02 Å². The Morgan fingerprint density at radius 1 is 1.03 bits per heavy atom. The molecular formula is C30H31ClN2O4. The maximum Gasteiger partial charge on any atom is 0.295 e. The number of hydrogen-bond donors (Lipinski definition) is 1. The number of ether oxygens (including phenoxy) is 1. The Hall–Kier alpha value is -3.77. The normalized spacial score (nSPS) is 16.9. The highest BCUT2D eigenvalue weighted by Crippen LogP contribution is 2.40. The van der Waals surface area contributed by atoms with Crippen molar-refractivity contribution in [3.63, 3.8) is 0 Å². The molecule has 1 aliphatic rings. The summed E-state index contributed by atoms with van der Waals surface area (Å²) in [6.07, 6.45) is 0.486. The number of aliphatic hydroxyl groups is 1. The summed E-state index contributed by atoms with van der Waals surface area (Å²) in [5.41, 5.74) is 3.22. The quantitative estimate of drug-likeness (QED) is 0.230. The van der Waals surface area contributed by atoms with E-state index in [4.69, 9.17) is 16.3 Å². The van der Waals surface area contributed by atoms with Crippen LogP contribution in [0.15, 0.2) is 78.4 Å². The monoisotopic (exact) mass is 518 g/mol. The fourth-order valence-electron chi connectivity index (χ4n) is 4.46. The third-order valence-electron chi connectivity index (χ3n) is 6.30. The fourth-order valence-corrected chi connectivity index (χ4v) is 4.58. The van der Waals surface area contributed by atoms with E-state index in [1.807, 2.05) is 69.2 Å². The van der Waals surface area contributed by atoms with Gasteiger partial charge in [-0.1, -0.05) is 48.0 Å². The minimum Gasteiger partial charge on any atom is -0.507 e. The van der Waals surface area contributed by atoms with Crippen molar-refractivity contribution in [2.24, 2.45) is 0 Å². The number of Topliss-reactive ketones (excluding diaryl/α,β-unsaturated/α-hetero) is 1. The van der Waals surface area contributed by atoms with Gasteiger partial charge in [-0.25, -0.2) is 0 Å². The first-order valence-electron chi connectivity index (χ1n) is 12.2. The number of aliphatic hydroxyl groups excluding tert-OH is 1. The largest absolute Gasteiger partial charge is 0.507 e. The maximum atomic E-state index is 13.3. The van der Waals surface area contributed by atoms with Crippen LogP contribution < -0.4 is 9.64 Å². The van der Waals surface area contributed by atoms with E-state index in [0.29, 0.717) is 29.3 Å². The van der Waals surface area contributed by atoms with Gasteiger partial charge in [-0.3, -0.25) is 9.59 Å². The molecule has 0 saturated carbocycles. The molecule has 0 bridgehead atoms. The number of anilines is 1. The number of rotatable bonds is 8. The number of amides is 1. The van der Waals surface area contributed by atoms with Gasteiger partial charge in [-0.2, -0.15) is 0 Å². The minimum atomic E-state index is -0.724. The molecule has 37 heavy (non-hydrogen) atoms. The van der Waals surface area contributed by atoms with Crippen molar-refractivity contribution in [3.05, 3.63) is 100 Å². The van der Waals surface area contributed by atoms with Crippen molar-refractivity contribution >= 4 is 34.7 Å². The summed E-state index contributed by atoms with van der Waals surface area (Å²) in [5.74, 6) is -0.983. The standard InChI is InChI=1S/C30H31ClN2O4/c1-19(2)37-25-7-5-6-22(18-25)28(34)26-27(21-10-14-24(15-11-21)32(3)4)33(30(36)29(26)35)17-16-20-8-12-23(31)13-9-20/h5-15,18-19,27,34H,16-17H2,1-4H3/b28-26-. The first kappa shape index (κ1) is 26.3. The molecule has 0 aliphatic carbocycles. The van der Waals surface area contributed by atoms with Crippen molar-refractivity contribution in [1.29, 1.82) is 0 Å². The average molecular weight is 519 g/mol. The zero-order valence-electron chi connectivity index (χ0n) is 21.4. The van der Waals surface area contributed by atoms with Gasteiger partial charge in [0.2, 0.25) is 0 Å². The van der Waals surface area contributed by atoms with E-state index < -0.39 is 17.7 Å². The molecule has 1 aliphatic heterocycles. The van der Waals surface area contributed by atoms with Crippen LogP contribution in [0, 0.1) is 0 Å². The van der Waals surface area contributed by atoms with Gasteiger partial charge in [0, 0.05) is 36.9 Å². The number of benzene rings is 3. The van der Waals surface area contributed by atoms with E-state index in [0.717, 1.165) is 16.8 Å². The van der Waals surface area contributed by atoms with Crippen LogP contribution in [-0.4, -0.2) is 48.4 Å². The Bertz CT molecular complexity index is 1310. The lowest BCUT2D eigenvalue weighted by Crippen LogP contribution is -2.31. The molecule has 1 unspecified atom stereocenters. The minimum absolute atomic E-state index is 0.0499. The molecule has 6 nitrogen and oxygen atoms in total. The Labute approximate surface area is 222 Å². The smallest absolute Gasteiger partial charge is 0.295 e. The Morgan fingerprint density at radius 3 is 2.32 bits per heavy atom. The molecular weight excluding hydrogens is 488 g/mol. The lowest BCUT2D eigenvalue weighted by Gasteiger charge is -2.26. The van der Waals surface area contributed by atoms with Crippen molar-refractivity contribution < 1.29 is 19.4 Å². The zero-order chi connectivity index (χ0) is 26.7. The van der Waals surface area contributed by atoms with Crippen LogP contribution >= 0.6 is 11.6 Å². The molecule has 0 radical (unpaired) electrons. The van der Waals surface area contributed by atoms with E-state index in [1.165, 1.54) is 0 Å². The predicted molar refractivity (Wildman–Crippen MR) is 147 cm³/mol. The van der Waals surface area contributed by atoms with Crippen molar-refractivity contribution in [3.8, 4) is 5.75 Å². The SMILES string of the molecule is CC(C)Oc1cccc(/C(O)=C2/C(=O)C(=O)N(CCc3ccc(Cl)cc3)C2c2ccc(N(C)C)cc2)c1. The molecule has 0 spiro atoms. The third kappa shape index (κ3) is 5.81. The van der Waals surface area contributed by atoms with E-state index >= 15 is 0 Å². The fraction of sp³-hybridized carbons (Fsp3) is 0.267. The van der Waals surface area contributed by atoms with E-state index in [-0.39, 0.29) is 17.4 Å². The Balaban J connectivity index is 1.77. The third-order valence-corrected chi connectivity index (χ3v) is 6.55. The summed E-state index contributed by atoms with van der Waals surface area (Å²) in [5, 5.41) is 12.0. The summed E-state index contributed by atoms with van der Waals surface area (Å²) < 4.78 is 5.77. The summed E-state index contributed by atoms with van der Waals surface area (Å²) in [6, 6.07) is 21.3. The maximum absolute atomic E-state index is 13.3. The Morgan fingerprint density at radius 2 is 1.70 bits per heavy atom. The van der Waals surface area contributed by atoms with Crippen LogP contribution in [0.1, 0.15) is 36.6 Å². The van der Waals surface area contributed by atoms with Crippen molar-refractivity contribution in [2.75, 3.05) is 25.5 Å². The van der Waals surface area contributed by atoms with Crippen molar-refractivity contribution in [2.45, 2.75) is 32.4 Å². The number of ketones is 1. The van der Waals surface area contributed by atoms with Gasteiger partial charge in [-0.15, -0.1) is 0 Å². The average Bonchev–Trinajstić information content (AvgIpc) is 3.12. The highest BCUT2D eigenvalue weighted by Gasteiger charge is 2.45. The van der Waals surface area contributed by atoms with Gasteiger partial charge in [0.15, 0.2) is 0 Å². The molecule has 0 aromatic heterocycles. The van der Waals surface area contributed by atoms with Crippen LogP contribution in [0.3, 0.4) is 0 Å². The second-order valence-electron chi connectivity index (χ2n) is 9.55. The molecule has 1 fully saturated rings. The van der Waals surface area contributed by atoms with Crippen LogP contribution in [0.5, 0.6) is 5.75 Å². The van der Waals surface area contributed by atoms with E-state index in [1.54, 1.807) is 41.3 Å². The molecule has 1 atom stereocenters. The number of hydrogen-bond acceptors (Lipinski definition) is 5. The number of halogens is 1. The summed E-state index contributed by atoms with van der Waals surface area (Å²) >= 11 is 6.01. The molecule has 7 heteroatoms. The summed E-state index contributed by atoms with van der Waals surface area (Å²) in [7, 11) is 3.89. The van der Waals surface area contributed by atoms with E-state index in [2.05, 4.69) is 0 Å². The first-order valence-corrected chi connectivity index (χ1v) is 12.6. The Kier molecular flexibility index (Phi) is 7.89. The first-order chi connectivity index (χ1) is 17.7. The summed E-state index contributed by atoms with van der Waals surface area (Å²) in [6.45, 7) is 4.13. The summed E-state index contributed by atoms with van der Waals surface area (Å²) in [4.78, 5) is 30.1. The van der Waals surface area contributed by atoms with E-state index in [9.17, 15) is 14.7 Å². The molecule has 4 rings (SSSR count). The number of carbonyl (C=O) groups is 2. The zero-order valence-corrected chi connectivity index (χ0v) is 22.2. The van der Waals surface area contributed by atoms with Gasteiger partial charge in [0.05, 0.1) is 17.7 Å². The molecule has 192 valence electrons. The van der Waals surface area contributed by atoms with Crippen LogP contribution in [0.25, 0.3) is 5.76 Å². The highest BCUT2D eigenvalue weighted by atomic mass is 35.5. The molecule has 3 aromatic carbocycles. The van der Waals surface area contributed by atoms with Crippen molar-refractivity contribution in [1.82, 2.24) is 4.90 Å². The number of likely N-dealkylation sites (tertiary alicyclic amines) is 1.